The highest BCUT2D eigenvalue weighted by atomic mass is 19.1. The Morgan fingerprint density at radius 3 is 2.70 bits per heavy atom. The predicted molar refractivity (Wildman–Crippen MR) is 92.9 cm³/mol. The van der Waals surface area contributed by atoms with Gasteiger partial charge in [0.1, 0.15) is 28.9 Å². The van der Waals surface area contributed by atoms with Crippen molar-refractivity contribution in [1.29, 1.82) is 5.26 Å². The normalized spacial score (nSPS) is 23.5. The van der Waals surface area contributed by atoms with Gasteiger partial charge in [0.2, 0.25) is 0 Å². The monoisotopic (exact) mass is 379 g/mol. The lowest BCUT2D eigenvalue weighted by Crippen LogP contribution is -2.60. The molecule has 2 fully saturated rings. The average Bonchev–Trinajstić information content (AvgIpc) is 2.60. The third-order valence-corrected chi connectivity index (χ3v) is 4.73. The maximum Gasteiger partial charge on any atom is 0.410 e. The quantitative estimate of drug-likeness (QED) is 0.751. The number of ether oxygens (including phenoxy) is 2. The molecule has 0 spiro atoms. The summed E-state index contributed by atoms with van der Waals surface area (Å²) in [5.74, 6) is -1.74. The summed E-state index contributed by atoms with van der Waals surface area (Å²) in [5, 5.41) is 8.94. The van der Waals surface area contributed by atoms with Crippen molar-refractivity contribution in [3.05, 3.63) is 34.9 Å². The van der Waals surface area contributed by atoms with Crippen molar-refractivity contribution >= 4 is 6.09 Å². The second kappa shape index (κ2) is 7.41. The number of fused-ring (bicyclic) bond motifs is 1. The zero-order chi connectivity index (χ0) is 19.8. The molecule has 2 atom stereocenters. The molecule has 6 nitrogen and oxygen atoms in total. The van der Waals surface area contributed by atoms with Gasteiger partial charge in [-0.05, 0) is 26.8 Å². The molecule has 27 heavy (non-hydrogen) atoms. The van der Waals surface area contributed by atoms with Crippen LogP contribution < -0.4 is 0 Å². The first-order valence-corrected chi connectivity index (χ1v) is 8.91. The van der Waals surface area contributed by atoms with Crippen LogP contribution in [0, 0.1) is 23.0 Å². The minimum atomic E-state index is -0.876. The van der Waals surface area contributed by atoms with Crippen LogP contribution in [0.25, 0.3) is 0 Å². The van der Waals surface area contributed by atoms with E-state index in [1.807, 2.05) is 20.8 Å². The number of rotatable bonds is 1. The molecule has 0 saturated carbocycles. The Hall–Kier alpha value is -2.24. The van der Waals surface area contributed by atoms with Gasteiger partial charge >= 0.3 is 6.09 Å². The molecule has 1 unspecified atom stereocenters. The molecule has 0 radical (unpaired) electrons. The Bertz CT molecular complexity index is 773. The SMILES string of the molecule is CC(C)(C)OC(=O)N1CCN2CC(c3ccc(F)c(C#N)c3F)OC[C@H]2C1. The van der Waals surface area contributed by atoms with E-state index in [1.165, 1.54) is 6.07 Å². The van der Waals surface area contributed by atoms with Crippen LogP contribution in [-0.2, 0) is 9.47 Å². The summed E-state index contributed by atoms with van der Waals surface area (Å²) < 4.78 is 39.2. The summed E-state index contributed by atoms with van der Waals surface area (Å²) >= 11 is 0. The molecule has 1 amide bonds. The van der Waals surface area contributed by atoms with E-state index in [0.29, 0.717) is 32.8 Å². The van der Waals surface area contributed by atoms with Crippen LogP contribution in [0.5, 0.6) is 0 Å². The predicted octanol–water partition coefficient (Wildman–Crippen LogP) is 2.83. The molecule has 2 saturated heterocycles. The van der Waals surface area contributed by atoms with Gasteiger partial charge in [-0.2, -0.15) is 5.26 Å². The van der Waals surface area contributed by atoms with Crippen LogP contribution in [0.3, 0.4) is 0 Å². The van der Waals surface area contributed by atoms with Gasteiger partial charge in [-0.3, -0.25) is 4.90 Å². The average molecular weight is 379 g/mol. The van der Waals surface area contributed by atoms with Gasteiger partial charge in [-0.1, -0.05) is 6.07 Å². The van der Waals surface area contributed by atoms with E-state index >= 15 is 0 Å². The zero-order valence-electron chi connectivity index (χ0n) is 15.7. The topological polar surface area (TPSA) is 65.8 Å². The van der Waals surface area contributed by atoms with Crippen LogP contribution in [0.4, 0.5) is 13.6 Å². The summed E-state index contributed by atoms with van der Waals surface area (Å²) in [4.78, 5) is 16.0. The molecule has 0 N–H and O–H groups in total. The number of hydrogen-bond acceptors (Lipinski definition) is 5. The fraction of sp³-hybridized carbons (Fsp3) is 0.579. The van der Waals surface area contributed by atoms with Crippen molar-refractivity contribution in [2.75, 3.05) is 32.8 Å². The maximum atomic E-state index is 14.4. The molecule has 3 rings (SSSR count). The second-order valence-electron chi connectivity index (χ2n) is 7.83. The van der Waals surface area contributed by atoms with Gasteiger partial charge in [0.25, 0.3) is 0 Å². The molecule has 2 heterocycles. The first-order valence-electron chi connectivity index (χ1n) is 8.91. The second-order valence-corrected chi connectivity index (χ2v) is 7.83. The van der Waals surface area contributed by atoms with E-state index in [9.17, 15) is 13.6 Å². The first kappa shape index (κ1) is 19.5. The Morgan fingerprint density at radius 2 is 2.04 bits per heavy atom. The maximum absolute atomic E-state index is 14.4. The molecule has 2 aliphatic rings. The Labute approximate surface area is 157 Å². The van der Waals surface area contributed by atoms with Gasteiger partial charge in [-0.25, -0.2) is 13.6 Å². The lowest BCUT2D eigenvalue weighted by Gasteiger charge is -2.46. The van der Waals surface area contributed by atoms with E-state index in [-0.39, 0.29) is 17.7 Å². The molecule has 8 heteroatoms. The summed E-state index contributed by atoms with van der Waals surface area (Å²) in [6, 6.07) is 3.96. The van der Waals surface area contributed by atoms with Crippen LogP contribution in [-0.4, -0.2) is 60.3 Å². The van der Waals surface area contributed by atoms with Crippen molar-refractivity contribution in [3.8, 4) is 6.07 Å². The van der Waals surface area contributed by atoms with Crippen molar-refractivity contribution in [3.63, 3.8) is 0 Å². The van der Waals surface area contributed by atoms with Crippen molar-refractivity contribution < 1.29 is 23.0 Å². The fourth-order valence-electron chi connectivity index (χ4n) is 3.38. The minimum absolute atomic E-state index is 0.0125. The van der Waals surface area contributed by atoms with E-state index in [4.69, 9.17) is 14.7 Å². The van der Waals surface area contributed by atoms with E-state index in [1.54, 1.807) is 11.0 Å². The summed E-state index contributed by atoms with van der Waals surface area (Å²) in [6.07, 6.45) is -0.936. The van der Waals surface area contributed by atoms with E-state index in [0.717, 1.165) is 6.07 Å². The highest BCUT2D eigenvalue weighted by Gasteiger charge is 2.37. The number of benzene rings is 1. The van der Waals surface area contributed by atoms with Gasteiger partial charge in [0, 0.05) is 31.7 Å². The van der Waals surface area contributed by atoms with Crippen molar-refractivity contribution in [1.82, 2.24) is 9.80 Å². The summed E-state index contributed by atoms with van der Waals surface area (Å²) in [6.45, 7) is 7.78. The first-order chi connectivity index (χ1) is 12.7. The van der Waals surface area contributed by atoms with E-state index in [2.05, 4.69) is 4.90 Å². The third kappa shape index (κ3) is 4.20. The molecule has 0 bridgehead atoms. The van der Waals surface area contributed by atoms with Crippen LogP contribution in [0.15, 0.2) is 12.1 Å². The van der Waals surface area contributed by atoms with Crippen LogP contribution >= 0.6 is 0 Å². The third-order valence-electron chi connectivity index (χ3n) is 4.73. The Morgan fingerprint density at radius 1 is 1.30 bits per heavy atom. The molecule has 1 aromatic rings. The smallest absolute Gasteiger partial charge is 0.410 e. The fourth-order valence-corrected chi connectivity index (χ4v) is 3.38. The number of morpholine rings is 1. The molecule has 0 aromatic heterocycles. The molecule has 1 aromatic carbocycles. The summed E-state index contributed by atoms with van der Waals surface area (Å²) in [5.41, 5.74) is -0.963. The van der Waals surface area contributed by atoms with Crippen molar-refractivity contribution in [2.45, 2.75) is 38.5 Å². The molecular weight excluding hydrogens is 356 g/mol. The lowest BCUT2D eigenvalue weighted by atomic mass is 10.0. The zero-order valence-corrected chi connectivity index (χ0v) is 15.7. The minimum Gasteiger partial charge on any atom is -0.444 e. The number of carbonyl (C=O) groups excluding carboxylic acids is 1. The standard InChI is InChI=1S/C19H23F2N3O3/c1-19(2,3)27-18(25)24-7-6-23-10-16(26-11-12(23)9-24)13-4-5-15(20)14(8-22)17(13)21/h4-5,12,16H,6-7,9-11H2,1-3H3/t12-,16?/m1/s1. The highest BCUT2D eigenvalue weighted by molar-refractivity contribution is 5.68. The number of amides is 1. The number of nitrogens with zero attached hydrogens (tertiary/aromatic N) is 3. The van der Waals surface area contributed by atoms with Gasteiger partial charge in [-0.15, -0.1) is 0 Å². The van der Waals surface area contributed by atoms with Crippen LogP contribution in [0.2, 0.25) is 0 Å². The highest BCUT2D eigenvalue weighted by Crippen LogP contribution is 2.30. The molecule has 2 aliphatic heterocycles. The number of hydrogen-bond donors (Lipinski definition) is 0. The van der Waals surface area contributed by atoms with E-state index < -0.39 is 28.9 Å². The number of carbonyl (C=O) groups is 1. The lowest BCUT2D eigenvalue weighted by molar-refractivity contribution is -0.0915. The molecule has 146 valence electrons. The molecule has 0 aliphatic carbocycles. The Balaban J connectivity index is 1.67. The molecular formula is C19H23F2N3O3. The van der Waals surface area contributed by atoms with Crippen molar-refractivity contribution in [2.24, 2.45) is 0 Å². The summed E-state index contributed by atoms with van der Waals surface area (Å²) in [7, 11) is 0. The Kier molecular flexibility index (Phi) is 5.36. The largest absolute Gasteiger partial charge is 0.444 e. The van der Waals surface area contributed by atoms with Gasteiger partial charge < -0.3 is 14.4 Å². The number of halogens is 2. The number of nitriles is 1. The van der Waals surface area contributed by atoms with Gasteiger partial charge in [0.15, 0.2) is 0 Å². The van der Waals surface area contributed by atoms with Crippen LogP contribution in [0.1, 0.15) is 38.0 Å². The number of piperazine rings is 1. The van der Waals surface area contributed by atoms with Gasteiger partial charge in [0.05, 0.1) is 18.8 Å².